The second-order valence-corrected chi connectivity index (χ2v) is 4.49. The van der Waals surface area contributed by atoms with E-state index in [0.717, 1.165) is 19.0 Å². The predicted octanol–water partition coefficient (Wildman–Crippen LogP) is 1.72. The molecule has 0 atom stereocenters. The first-order chi connectivity index (χ1) is 6.29. The Bertz CT molecular complexity index is 117. The van der Waals surface area contributed by atoms with E-state index >= 15 is 0 Å². The van der Waals surface area contributed by atoms with Gasteiger partial charge < -0.3 is 10.2 Å². The van der Waals surface area contributed by atoms with Crippen molar-refractivity contribution < 1.29 is 0 Å². The van der Waals surface area contributed by atoms with Crippen LogP contribution in [0.15, 0.2) is 0 Å². The molecule has 1 rings (SSSR count). The molecule has 1 aliphatic carbocycles. The lowest BCUT2D eigenvalue weighted by molar-refractivity contribution is 0.391. The highest BCUT2D eigenvalue weighted by Crippen LogP contribution is 2.26. The minimum atomic E-state index is 1.03. The summed E-state index contributed by atoms with van der Waals surface area (Å²) in [6.45, 7) is 3.52. The maximum absolute atomic E-state index is 3.50. The largest absolute Gasteiger partial charge is 0.315 e. The zero-order chi connectivity index (χ0) is 9.52. The molecule has 0 heterocycles. The van der Waals surface area contributed by atoms with Gasteiger partial charge in [-0.3, -0.25) is 0 Å². The van der Waals surface area contributed by atoms with Gasteiger partial charge in [-0.15, -0.1) is 0 Å². The molecule has 0 unspecified atom stereocenters. The maximum Gasteiger partial charge on any atom is 0.0101 e. The first-order valence-corrected chi connectivity index (χ1v) is 5.64. The van der Waals surface area contributed by atoms with Crippen LogP contribution in [0, 0.1) is 5.92 Å². The molecule has 0 bridgehead atoms. The van der Waals surface area contributed by atoms with E-state index < -0.39 is 0 Å². The molecule has 78 valence electrons. The molecule has 1 saturated carbocycles. The van der Waals surface area contributed by atoms with Gasteiger partial charge in [0.1, 0.15) is 0 Å². The molecule has 0 radical (unpaired) electrons. The predicted molar refractivity (Wildman–Crippen MR) is 58.0 cm³/mol. The van der Waals surface area contributed by atoms with E-state index in [2.05, 4.69) is 24.3 Å². The molecule has 2 nitrogen and oxygen atoms in total. The number of nitrogens with one attached hydrogen (secondary N) is 1. The molecule has 0 aromatic heterocycles. The van der Waals surface area contributed by atoms with Crippen LogP contribution in [0.3, 0.4) is 0 Å². The van der Waals surface area contributed by atoms with Crippen LogP contribution in [0.4, 0.5) is 0 Å². The van der Waals surface area contributed by atoms with Crippen LogP contribution in [-0.4, -0.2) is 38.6 Å². The summed E-state index contributed by atoms with van der Waals surface area (Å²) in [4.78, 5) is 2.22. The fraction of sp³-hybridized carbons (Fsp3) is 1.00. The molecular formula is C11H24N2. The van der Waals surface area contributed by atoms with Crippen molar-refractivity contribution in [1.82, 2.24) is 10.2 Å². The zero-order valence-electron chi connectivity index (χ0n) is 9.18. The van der Waals surface area contributed by atoms with Crippen molar-refractivity contribution in [3.63, 3.8) is 0 Å². The van der Waals surface area contributed by atoms with Crippen LogP contribution in [0.1, 0.15) is 32.1 Å². The minimum Gasteiger partial charge on any atom is -0.315 e. The zero-order valence-corrected chi connectivity index (χ0v) is 9.18. The van der Waals surface area contributed by atoms with Crippen LogP contribution in [0.5, 0.6) is 0 Å². The van der Waals surface area contributed by atoms with Gasteiger partial charge in [0.05, 0.1) is 0 Å². The Morgan fingerprint density at radius 2 is 1.85 bits per heavy atom. The number of rotatable bonds is 6. The summed E-state index contributed by atoms with van der Waals surface area (Å²) >= 11 is 0. The molecule has 0 aliphatic heterocycles. The second kappa shape index (κ2) is 6.39. The highest BCUT2D eigenvalue weighted by atomic mass is 15.1. The van der Waals surface area contributed by atoms with Gasteiger partial charge in [0, 0.05) is 13.1 Å². The topological polar surface area (TPSA) is 15.3 Å². The fourth-order valence-corrected chi connectivity index (χ4v) is 2.03. The lowest BCUT2D eigenvalue weighted by atomic mass is 10.0. The summed E-state index contributed by atoms with van der Waals surface area (Å²) < 4.78 is 0. The van der Waals surface area contributed by atoms with Crippen molar-refractivity contribution >= 4 is 0 Å². The monoisotopic (exact) mass is 184 g/mol. The molecule has 0 amide bonds. The van der Waals surface area contributed by atoms with E-state index in [4.69, 9.17) is 0 Å². The van der Waals surface area contributed by atoms with E-state index in [-0.39, 0.29) is 0 Å². The van der Waals surface area contributed by atoms with Gasteiger partial charge >= 0.3 is 0 Å². The summed E-state index contributed by atoms with van der Waals surface area (Å²) in [6.07, 6.45) is 7.31. The lowest BCUT2D eigenvalue weighted by Crippen LogP contribution is -2.27. The third kappa shape index (κ3) is 5.27. The Balaban J connectivity index is 1.83. The van der Waals surface area contributed by atoms with Crippen LogP contribution in [0.25, 0.3) is 0 Å². The van der Waals surface area contributed by atoms with Gasteiger partial charge in [-0.1, -0.05) is 25.7 Å². The Labute approximate surface area is 82.7 Å². The average Bonchev–Trinajstić information content (AvgIpc) is 2.55. The first-order valence-electron chi connectivity index (χ1n) is 5.64. The normalized spacial score (nSPS) is 18.7. The van der Waals surface area contributed by atoms with E-state index in [9.17, 15) is 0 Å². The van der Waals surface area contributed by atoms with Crippen LogP contribution in [-0.2, 0) is 0 Å². The van der Waals surface area contributed by atoms with Gasteiger partial charge in [-0.05, 0) is 33.0 Å². The third-order valence-electron chi connectivity index (χ3n) is 2.94. The third-order valence-corrected chi connectivity index (χ3v) is 2.94. The van der Waals surface area contributed by atoms with Crippen molar-refractivity contribution in [2.45, 2.75) is 32.1 Å². The Hall–Kier alpha value is -0.0800. The van der Waals surface area contributed by atoms with E-state index in [1.807, 2.05) is 0 Å². The molecule has 1 fully saturated rings. The minimum absolute atomic E-state index is 1.03. The average molecular weight is 184 g/mol. The number of hydrogen-bond acceptors (Lipinski definition) is 2. The summed E-state index contributed by atoms with van der Waals surface area (Å²) in [7, 11) is 4.25. The molecule has 0 saturated heterocycles. The van der Waals surface area contributed by atoms with Gasteiger partial charge in [0.25, 0.3) is 0 Å². The quantitative estimate of drug-likeness (QED) is 0.632. The van der Waals surface area contributed by atoms with Crippen molar-refractivity contribution in [3.05, 3.63) is 0 Å². The number of hydrogen-bond donors (Lipinski definition) is 1. The molecule has 2 heteroatoms. The van der Waals surface area contributed by atoms with Crippen LogP contribution >= 0.6 is 0 Å². The molecule has 0 aromatic carbocycles. The highest BCUT2D eigenvalue weighted by Gasteiger charge is 2.13. The molecule has 1 aliphatic rings. The van der Waals surface area contributed by atoms with Gasteiger partial charge in [-0.25, -0.2) is 0 Å². The lowest BCUT2D eigenvalue weighted by Gasteiger charge is -2.12. The van der Waals surface area contributed by atoms with Crippen LogP contribution in [0.2, 0.25) is 0 Å². The van der Waals surface area contributed by atoms with Gasteiger partial charge in [0.2, 0.25) is 0 Å². The molecule has 13 heavy (non-hydrogen) atoms. The van der Waals surface area contributed by atoms with Crippen molar-refractivity contribution in [3.8, 4) is 0 Å². The summed E-state index contributed by atoms with van der Waals surface area (Å²) in [5.74, 6) is 1.03. The number of nitrogens with zero attached hydrogens (tertiary/aromatic N) is 1. The Morgan fingerprint density at radius 1 is 1.15 bits per heavy atom. The number of likely N-dealkylation sites (N-methyl/N-ethyl adjacent to an activating group) is 1. The van der Waals surface area contributed by atoms with Crippen molar-refractivity contribution in [2.75, 3.05) is 33.7 Å². The van der Waals surface area contributed by atoms with Crippen LogP contribution < -0.4 is 5.32 Å². The van der Waals surface area contributed by atoms with E-state index in [1.165, 1.54) is 38.6 Å². The summed E-state index contributed by atoms with van der Waals surface area (Å²) in [5.41, 5.74) is 0. The Kier molecular flexibility index (Phi) is 5.40. The summed E-state index contributed by atoms with van der Waals surface area (Å²) in [5, 5.41) is 3.50. The highest BCUT2D eigenvalue weighted by molar-refractivity contribution is 4.68. The summed E-state index contributed by atoms with van der Waals surface area (Å²) in [6, 6.07) is 0. The molecule has 0 aromatic rings. The van der Waals surface area contributed by atoms with Crippen molar-refractivity contribution in [1.29, 1.82) is 0 Å². The second-order valence-electron chi connectivity index (χ2n) is 4.49. The van der Waals surface area contributed by atoms with Crippen molar-refractivity contribution in [2.24, 2.45) is 5.92 Å². The Morgan fingerprint density at radius 3 is 2.46 bits per heavy atom. The smallest absolute Gasteiger partial charge is 0.0101 e. The van der Waals surface area contributed by atoms with Gasteiger partial charge in [-0.2, -0.15) is 0 Å². The maximum atomic E-state index is 3.50. The fourth-order valence-electron chi connectivity index (χ4n) is 2.03. The first kappa shape index (κ1) is 11.0. The molecule has 1 N–H and O–H groups in total. The molecule has 0 spiro atoms. The standard InChI is InChI=1S/C11H24N2/c1-13(2)10-9-12-8-7-11-5-3-4-6-11/h11-12H,3-10H2,1-2H3. The molecular weight excluding hydrogens is 160 g/mol. The van der Waals surface area contributed by atoms with E-state index in [0.29, 0.717) is 0 Å². The van der Waals surface area contributed by atoms with E-state index in [1.54, 1.807) is 0 Å². The SMILES string of the molecule is CN(C)CCNCCC1CCCC1. The van der Waals surface area contributed by atoms with Gasteiger partial charge in [0.15, 0.2) is 0 Å².